The van der Waals surface area contributed by atoms with Crippen LogP contribution in [0.25, 0.3) is 11.0 Å². The second-order valence-electron chi connectivity index (χ2n) is 6.34. The van der Waals surface area contributed by atoms with E-state index in [1.54, 1.807) is 36.9 Å². The Morgan fingerprint density at radius 3 is 2.81 bits per heavy atom. The maximum absolute atomic E-state index is 12.2. The van der Waals surface area contributed by atoms with E-state index >= 15 is 0 Å². The summed E-state index contributed by atoms with van der Waals surface area (Å²) < 4.78 is 32.7. The fraction of sp³-hybridized carbons (Fsp3) is 0.333. The monoisotopic (exact) mass is 390 g/mol. The Morgan fingerprint density at radius 2 is 2.11 bits per heavy atom. The van der Waals surface area contributed by atoms with Crippen LogP contribution in [0.1, 0.15) is 18.6 Å². The number of hydrogen-bond donors (Lipinski definition) is 1. The summed E-state index contributed by atoms with van der Waals surface area (Å²) in [7, 11) is -0.499. The van der Waals surface area contributed by atoms with Gasteiger partial charge in [0.15, 0.2) is 0 Å². The van der Waals surface area contributed by atoms with Crippen molar-refractivity contribution in [3.8, 4) is 0 Å². The second kappa shape index (κ2) is 7.93. The number of fused-ring (bicyclic) bond motifs is 1. The minimum atomic E-state index is -3.49. The van der Waals surface area contributed by atoms with Crippen molar-refractivity contribution in [3.05, 3.63) is 48.7 Å². The zero-order valence-corrected chi connectivity index (χ0v) is 16.1. The van der Waals surface area contributed by atoms with Crippen molar-refractivity contribution in [2.75, 3.05) is 14.1 Å². The Labute approximate surface area is 157 Å². The first-order valence-corrected chi connectivity index (χ1v) is 9.98. The minimum Gasteiger partial charge on any atom is -0.467 e. The van der Waals surface area contributed by atoms with E-state index in [1.807, 2.05) is 10.6 Å². The fourth-order valence-corrected chi connectivity index (χ4v) is 3.61. The highest BCUT2D eigenvalue weighted by Crippen LogP contribution is 2.20. The third kappa shape index (κ3) is 4.37. The molecule has 0 atom stereocenters. The zero-order valence-electron chi connectivity index (χ0n) is 15.3. The van der Waals surface area contributed by atoms with Crippen LogP contribution in [0, 0.1) is 0 Å². The molecular formula is C18H22N4O4S. The summed E-state index contributed by atoms with van der Waals surface area (Å²) in [5.74, 6) is 0.669. The molecule has 1 aromatic carbocycles. The van der Waals surface area contributed by atoms with Crippen molar-refractivity contribution in [1.82, 2.24) is 19.2 Å². The normalized spacial score (nSPS) is 12.0. The number of rotatable bonds is 8. The SMILES string of the molecule is CN(C)S(=O)(=O)c1ccc2c(c1)ncn2CCCC(=O)NCc1ccco1. The predicted octanol–water partition coefficient (Wildman–Crippen LogP) is 1.98. The van der Waals surface area contributed by atoms with E-state index in [1.165, 1.54) is 18.4 Å². The molecule has 144 valence electrons. The summed E-state index contributed by atoms with van der Waals surface area (Å²) in [5.41, 5.74) is 1.45. The van der Waals surface area contributed by atoms with E-state index in [-0.39, 0.29) is 10.8 Å². The number of nitrogens with zero attached hydrogens (tertiary/aromatic N) is 3. The quantitative estimate of drug-likeness (QED) is 0.634. The van der Waals surface area contributed by atoms with Crippen LogP contribution in [-0.4, -0.2) is 42.3 Å². The highest BCUT2D eigenvalue weighted by atomic mass is 32.2. The molecule has 9 heteroatoms. The van der Waals surface area contributed by atoms with Gasteiger partial charge >= 0.3 is 0 Å². The molecular weight excluding hydrogens is 368 g/mol. The first-order chi connectivity index (χ1) is 12.9. The molecule has 0 saturated heterocycles. The summed E-state index contributed by atoms with van der Waals surface area (Å²) in [4.78, 5) is 16.4. The van der Waals surface area contributed by atoms with Crippen molar-refractivity contribution in [2.45, 2.75) is 30.8 Å². The lowest BCUT2D eigenvalue weighted by Gasteiger charge is -2.11. The van der Waals surface area contributed by atoms with Gasteiger partial charge in [-0.05, 0) is 36.8 Å². The van der Waals surface area contributed by atoms with Crippen molar-refractivity contribution >= 4 is 27.0 Å². The number of sulfonamides is 1. The van der Waals surface area contributed by atoms with E-state index in [9.17, 15) is 13.2 Å². The standard InChI is InChI=1S/C18H22N4O4S/c1-21(2)27(24,25)15-7-8-17-16(11-15)20-13-22(17)9-3-6-18(23)19-12-14-5-4-10-26-14/h4-5,7-8,10-11,13H,3,6,9,12H2,1-2H3,(H,19,23). The smallest absolute Gasteiger partial charge is 0.242 e. The van der Waals surface area contributed by atoms with Gasteiger partial charge in [0.25, 0.3) is 0 Å². The molecule has 1 N–H and O–H groups in total. The maximum Gasteiger partial charge on any atom is 0.242 e. The Morgan fingerprint density at radius 1 is 1.30 bits per heavy atom. The zero-order chi connectivity index (χ0) is 19.4. The van der Waals surface area contributed by atoms with Gasteiger partial charge in [-0.3, -0.25) is 4.79 Å². The molecule has 2 aromatic heterocycles. The van der Waals surface area contributed by atoms with Gasteiger partial charge in [-0.1, -0.05) is 0 Å². The van der Waals surface area contributed by atoms with Crippen LogP contribution < -0.4 is 5.32 Å². The molecule has 0 aliphatic carbocycles. The van der Waals surface area contributed by atoms with Crippen molar-refractivity contribution in [1.29, 1.82) is 0 Å². The van der Waals surface area contributed by atoms with E-state index < -0.39 is 10.0 Å². The Balaban J connectivity index is 1.58. The van der Waals surface area contributed by atoms with Gasteiger partial charge in [-0.2, -0.15) is 0 Å². The van der Waals surface area contributed by atoms with Gasteiger partial charge in [-0.15, -0.1) is 0 Å². The first-order valence-electron chi connectivity index (χ1n) is 8.54. The number of amides is 1. The molecule has 0 aliphatic rings. The second-order valence-corrected chi connectivity index (χ2v) is 8.49. The molecule has 0 spiro atoms. The molecule has 0 saturated carbocycles. The topological polar surface area (TPSA) is 97.4 Å². The average molecular weight is 390 g/mol. The lowest BCUT2D eigenvalue weighted by Crippen LogP contribution is -2.22. The minimum absolute atomic E-state index is 0.0461. The highest BCUT2D eigenvalue weighted by Gasteiger charge is 2.18. The lowest BCUT2D eigenvalue weighted by molar-refractivity contribution is -0.121. The van der Waals surface area contributed by atoms with E-state index in [4.69, 9.17) is 4.42 Å². The molecule has 0 aliphatic heterocycles. The van der Waals surface area contributed by atoms with Gasteiger partial charge < -0.3 is 14.3 Å². The summed E-state index contributed by atoms with van der Waals surface area (Å²) in [6, 6.07) is 8.47. The van der Waals surface area contributed by atoms with Gasteiger partial charge in [0.1, 0.15) is 5.76 Å². The van der Waals surface area contributed by atoms with Crippen LogP contribution >= 0.6 is 0 Å². The number of furan rings is 1. The first kappa shape index (κ1) is 19.1. The van der Waals surface area contributed by atoms with Gasteiger partial charge in [0.05, 0.1) is 35.1 Å². The largest absolute Gasteiger partial charge is 0.467 e. The fourth-order valence-electron chi connectivity index (χ4n) is 2.69. The molecule has 27 heavy (non-hydrogen) atoms. The van der Waals surface area contributed by atoms with Crippen LogP contribution in [-0.2, 0) is 27.9 Å². The maximum atomic E-state index is 12.2. The van der Waals surface area contributed by atoms with Crippen LogP contribution in [0.3, 0.4) is 0 Å². The molecule has 3 rings (SSSR count). The number of hydrogen-bond acceptors (Lipinski definition) is 5. The highest BCUT2D eigenvalue weighted by molar-refractivity contribution is 7.89. The molecule has 0 bridgehead atoms. The predicted molar refractivity (Wildman–Crippen MR) is 100 cm³/mol. The summed E-state index contributed by atoms with van der Waals surface area (Å²) in [6.45, 7) is 0.993. The molecule has 3 aromatic rings. The van der Waals surface area contributed by atoms with Gasteiger partial charge in [0, 0.05) is 27.1 Å². The molecule has 1 amide bonds. The number of aryl methyl sites for hydroxylation is 1. The molecule has 0 fully saturated rings. The molecule has 2 heterocycles. The Kier molecular flexibility index (Phi) is 5.62. The number of benzene rings is 1. The Bertz CT molecular complexity index is 1020. The Hall–Kier alpha value is -2.65. The van der Waals surface area contributed by atoms with Crippen molar-refractivity contribution in [3.63, 3.8) is 0 Å². The molecule has 0 unspecified atom stereocenters. The molecule has 0 radical (unpaired) electrons. The van der Waals surface area contributed by atoms with E-state index in [0.717, 1.165) is 5.52 Å². The third-order valence-corrected chi connectivity index (χ3v) is 6.02. The summed E-state index contributed by atoms with van der Waals surface area (Å²) >= 11 is 0. The summed E-state index contributed by atoms with van der Waals surface area (Å²) in [6.07, 6.45) is 4.26. The number of carbonyl (C=O) groups excluding carboxylic acids is 1. The molecule has 8 nitrogen and oxygen atoms in total. The van der Waals surface area contributed by atoms with Gasteiger partial charge in [-0.25, -0.2) is 17.7 Å². The van der Waals surface area contributed by atoms with Crippen LogP contribution in [0.15, 0.2) is 52.2 Å². The van der Waals surface area contributed by atoms with E-state index in [2.05, 4.69) is 10.3 Å². The van der Waals surface area contributed by atoms with Crippen molar-refractivity contribution < 1.29 is 17.6 Å². The number of nitrogens with one attached hydrogen (secondary N) is 1. The lowest BCUT2D eigenvalue weighted by atomic mass is 10.2. The van der Waals surface area contributed by atoms with Crippen molar-refractivity contribution in [2.24, 2.45) is 0 Å². The van der Waals surface area contributed by atoms with Gasteiger partial charge in [0.2, 0.25) is 15.9 Å². The van der Waals surface area contributed by atoms with Crippen LogP contribution in [0.4, 0.5) is 0 Å². The van der Waals surface area contributed by atoms with E-state index in [0.29, 0.717) is 37.2 Å². The van der Waals surface area contributed by atoms with Crippen LogP contribution in [0.5, 0.6) is 0 Å². The summed E-state index contributed by atoms with van der Waals surface area (Å²) in [5, 5.41) is 2.81. The third-order valence-electron chi connectivity index (χ3n) is 4.21. The number of carbonyl (C=O) groups is 1. The van der Waals surface area contributed by atoms with Crippen LogP contribution in [0.2, 0.25) is 0 Å². The average Bonchev–Trinajstić information content (AvgIpc) is 3.29. The number of aromatic nitrogens is 2. The number of imidazole rings is 1.